The standard InChI is InChI=1S/C12H11ClN5O2S/c13-9-4-6(16-12(15)18-9)2-1-3-8(19)11-17-7(5-21-11)10(14)20/h3-5H,1-2H2,(H2,14,20)(H2,15,16,18). The lowest BCUT2D eigenvalue weighted by atomic mass is 10.1. The number of ketones is 1. The number of rotatable bonds is 6. The number of carbonyl (C=O) groups is 2. The van der Waals surface area contributed by atoms with Gasteiger partial charge < -0.3 is 11.5 Å². The Bertz CT molecular complexity index is 668. The molecule has 0 fully saturated rings. The van der Waals surface area contributed by atoms with Gasteiger partial charge in [0.05, 0.1) is 0 Å². The first-order valence-electron chi connectivity index (χ1n) is 5.87. The molecule has 1 amide bonds. The predicted molar refractivity (Wildman–Crippen MR) is 79.0 cm³/mol. The number of aryl methyl sites for hydroxylation is 1. The van der Waals surface area contributed by atoms with Gasteiger partial charge in [0.1, 0.15) is 10.8 Å². The number of carbonyl (C=O) groups excluding carboxylic acids is 2. The van der Waals surface area contributed by atoms with Gasteiger partial charge in [0.25, 0.3) is 5.91 Å². The maximum atomic E-state index is 11.9. The highest BCUT2D eigenvalue weighted by atomic mass is 35.5. The maximum Gasteiger partial charge on any atom is 0.268 e. The number of Topliss-reactive ketones (excluding diaryl/α,β-unsaturated/α-hetero) is 1. The molecule has 2 heterocycles. The molecule has 4 N–H and O–H groups in total. The molecule has 0 spiro atoms. The molecule has 1 radical (unpaired) electrons. The minimum atomic E-state index is -0.656. The van der Waals surface area contributed by atoms with Crippen LogP contribution in [-0.2, 0) is 6.42 Å². The summed E-state index contributed by atoms with van der Waals surface area (Å²) in [5.41, 5.74) is 11.3. The van der Waals surface area contributed by atoms with E-state index in [2.05, 4.69) is 15.0 Å². The van der Waals surface area contributed by atoms with Crippen LogP contribution in [0.4, 0.5) is 5.95 Å². The summed E-state index contributed by atoms with van der Waals surface area (Å²) in [6, 6.07) is 1.59. The van der Waals surface area contributed by atoms with Crippen molar-refractivity contribution in [3.8, 4) is 0 Å². The average Bonchev–Trinajstić information content (AvgIpc) is 2.87. The van der Waals surface area contributed by atoms with Crippen LogP contribution in [0.3, 0.4) is 0 Å². The predicted octanol–water partition coefficient (Wildman–Crippen LogP) is 1.29. The molecule has 0 aliphatic carbocycles. The number of hydrogen-bond donors (Lipinski definition) is 2. The summed E-state index contributed by atoms with van der Waals surface area (Å²) < 4.78 is 0. The summed E-state index contributed by atoms with van der Waals surface area (Å²) in [6.07, 6.45) is 2.40. The number of nitrogen functional groups attached to an aromatic ring is 1. The molecule has 0 unspecified atom stereocenters. The highest BCUT2D eigenvalue weighted by Gasteiger charge is 2.14. The lowest BCUT2D eigenvalue weighted by Gasteiger charge is -2.01. The number of nitrogens with two attached hydrogens (primary N) is 2. The van der Waals surface area contributed by atoms with E-state index in [-0.39, 0.29) is 27.6 Å². The second-order valence-electron chi connectivity index (χ2n) is 4.05. The first-order valence-corrected chi connectivity index (χ1v) is 7.13. The molecule has 0 aliphatic rings. The van der Waals surface area contributed by atoms with E-state index >= 15 is 0 Å². The molecule has 0 atom stereocenters. The van der Waals surface area contributed by atoms with E-state index in [0.29, 0.717) is 18.5 Å². The number of amides is 1. The van der Waals surface area contributed by atoms with Gasteiger partial charge in [-0.1, -0.05) is 11.6 Å². The second kappa shape index (κ2) is 6.59. The van der Waals surface area contributed by atoms with Gasteiger partial charge in [-0.25, -0.2) is 15.0 Å². The maximum absolute atomic E-state index is 11.9. The van der Waals surface area contributed by atoms with Crippen LogP contribution in [0.1, 0.15) is 32.4 Å². The Morgan fingerprint density at radius 3 is 2.71 bits per heavy atom. The molecule has 0 saturated heterocycles. The number of halogens is 1. The summed E-state index contributed by atoms with van der Waals surface area (Å²) in [5.74, 6) is -0.827. The van der Waals surface area contributed by atoms with Gasteiger partial charge in [-0.2, -0.15) is 0 Å². The van der Waals surface area contributed by atoms with E-state index in [0.717, 1.165) is 11.3 Å². The number of hydrogen-bond acceptors (Lipinski definition) is 7. The van der Waals surface area contributed by atoms with Crippen molar-refractivity contribution in [1.29, 1.82) is 0 Å². The van der Waals surface area contributed by atoms with Crippen molar-refractivity contribution in [3.05, 3.63) is 39.4 Å². The van der Waals surface area contributed by atoms with Crippen LogP contribution in [0.5, 0.6) is 0 Å². The molecule has 2 aromatic heterocycles. The van der Waals surface area contributed by atoms with Crippen molar-refractivity contribution in [2.45, 2.75) is 12.8 Å². The van der Waals surface area contributed by atoms with Crippen molar-refractivity contribution in [2.75, 3.05) is 5.73 Å². The lowest BCUT2D eigenvalue weighted by molar-refractivity contribution is 0.0996. The first-order chi connectivity index (χ1) is 9.95. The third-order valence-electron chi connectivity index (χ3n) is 2.46. The van der Waals surface area contributed by atoms with Crippen LogP contribution in [0.25, 0.3) is 0 Å². The molecule has 9 heteroatoms. The fourth-order valence-electron chi connectivity index (χ4n) is 1.55. The van der Waals surface area contributed by atoms with Crippen LogP contribution < -0.4 is 11.5 Å². The van der Waals surface area contributed by atoms with Crippen molar-refractivity contribution in [3.63, 3.8) is 0 Å². The second-order valence-corrected chi connectivity index (χ2v) is 5.29. The number of thiazole rings is 1. The SMILES string of the molecule is NC(=O)c1csc(C(=O)[CH]CCc2cc(Cl)nc(N)n2)n1. The molecule has 0 aromatic carbocycles. The Labute approximate surface area is 129 Å². The van der Waals surface area contributed by atoms with E-state index in [4.69, 9.17) is 23.1 Å². The minimum absolute atomic E-state index is 0.0899. The highest BCUT2D eigenvalue weighted by Crippen LogP contribution is 2.14. The van der Waals surface area contributed by atoms with E-state index in [1.165, 1.54) is 11.8 Å². The molecular weight excluding hydrogens is 314 g/mol. The van der Waals surface area contributed by atoms with Gasteiger partial charge >= 0.3 is 0 Å². The molecule has 0 aliphatic heterocycles. The van der Waals surface area contributed by atoms with Gasteiger partial charge in [0.2, 0.25) is 5.95 Å². The van der Waals surface area contributed by atoms with E-state index in [1.807, 2.05) is 0 Å². The molecular formula is C12H11ClN5O2S. The normalized spacial score (nSPS) is 10.5. The van der Waals surface area contributed by atoms with Crippen molar-refractivity contribution in [2.24, 2.45) is 5.73 Å². The number of aromatic nitrogens is 3. The zero-order valence-electron chi connectivity index (χ0n) is 10.7. The largest absolute Gasteiger partial charge is 0.368 e. The molecule has 7 nitrogen and oxygen atoms in total. The van der Waals surface area contributed by atoms with Gasteiger partial charge in [-0.15, -0.1) is 11.3 Å². The van der Waals surface area contributed by atoms with Crippen LogP contribution in [0, 0.1) is 6.42 Å². The molecule has 21 heavy (non-hydrogen) atoms. The van der Waals surface area contributed by atoms with Crippen LogP contribution in [-0.4, -0.2) is 26.6 Å². The summed E-state index contributed by atoms with van der Waals surface area (Å²) in [7, 11) is 0. The summed E-state index contributed by atoms with van der Waals surface area (Å²) in [4.78, 5) is 34.4. The van der Waals surface area contributed by atoms with E-state index in [9.17, 15) is 9.59 Å². The molecule has 2 rings (SSSR count). The van der Waals surface area contributed by atoms with Gasteiger partial charge in [0.15, 0.2) is 10.8 Å². The Morgan fingerprint density at radius 2 is 2.10 bits per heavy atom. The van der Waals surface area contributed by atoms with Gasteiger partial charge in [-0.3, -0.25) is 9.59 Å². The molecule has 2 aromatic rings. The Hall–Kier alpha value is -2.06. The monoisotopic (exact) mass is 324 g/mol. The fraction of sp³-hybridized carbons (Fsp3) is 0.167. The quantitative estimate of drug-likeness (QED) is 0.609. The van der Waals surface area contributed by atoms with Crippen LogP contribution >= 0.6 is 22.9 Å². The topological polar surface area (TPSA) is 125 Å². The first kappa shape index (κ1) is 15.3. The fourth-order valence-corrected chi connectivity index (χ4v) is 2.51. The van der Waals surface area contributed by atoms with Crippen molar-refractivity contribution in [1.82, 2.24) is 15.0 Å². The molecule has 109 valence electrons. The number of primary amides is 1. The Kier molecular flexibility index (Phi) is 4.81. The van der Waals surface area contributed by atoms with E-state index in [1.54, 1.807) is 6.07 Å². The average molecular weight is 325 g/mol. The number of nitrogens with zero attached hydrogens (tertiary/aromatic N) is 3. The lowest BCUT2D eigenvalue weighted by Crippen LogP contribution is -2.12. The van der Waals surface area contributed by atoms with Crippen molar-refractivity contribution < 1.29 is 9.59 Å². The summed E-state index contributed by atoms with van der Waals surface area (Å²) in [5, 5.41) is 1.94. The Balaban J connectivity index is 1.90. The van der Waals surface area contributed by atoms with Crippen LogP contribution in [0.15, 0.2) is 11.4 Å². The summed E-state index contributed by atoms with van der Waals surface area (Å²) >= 11 is 6.84. The minimum Gasteiger partial charge on any atom is -0.368 e. The highest BCUT2D eigenvalue weighted by molar-refractivity contribution is 7.12. The van der Waals surface area contributed by atoms with Gasteiger partial charge in [0, 0.05) is 17.5 Å². The van der Waals surface area contributed by atoms with Crippen molar-refractivity contribution >= 4 is 40.6 Å². The third kappa shape index (κ3) is 4.20. The zero-order valence-corrected chi connectivity index (χ0v) is 12.3. The smallest absolute Gasteiger partial charge is 0.268 e. The Morgan fingerprint density at radius 1 is 1.33 bits per heavy atom. The van der Waals surface area contributed by atoms with Crippen LogP contribution in [0.2, 0.25) is 5.15 Å². The molecule has 0 bridgehead atoms. The summed E-state index contributed by atoms with van der Waals surface area (Å²) in [6.45, 7) is 0. The van der Waals surface area contributed by atoms with Gasteiger partial charge in [-0.05, 0) is 18.9 Å². The van der Waals surface area contributed by atoms with E-state index < -0.39 is 5.91 Å². The molecule has 0 saturated carbocycles. The third-order valence-corrected chi connectivity index (χ3v) is 3.51. The number of anilines is 1. The zero-order chi connectivity index (χ0) is 15.4.